The Kier molecular flexibility index (Phi) is 3.08. The van der Waals surface area contributed by atoms with Crippen LogP contribution in [0.5, 0.6) is 11.5 Å². The molecule has 1 N–H and O–H groups in total. The molecular formula is C13H15N3O3. The Morgan fingerprint density at radius 2 is 2.16 bits per heavy atom. The zero-order valence-electron chi connectivity index (χ0n) is 10.8. The van der Waals surface area contributed by atoms with Crippen LogP contribution < -0.4 is 14.8 Å². The van der Waals surface area contributed by atoms with Gasteiger partial charge in [-0.3, -0.25) is 0 Å². The van der Waals surface area contributed by atoms with Crippen molar-refractivity contribution in [3.8, 4) is 11.5 Å². The van der Waals surface area contributed by atoms with Crippen molar-refractivity contribution < 1.29 is 14.0 Å². The minimum absolute atomic E-state index is 0.154. The molecule has 19 heavy (non-hydrogen) atoms. The molecule has 2 heterocycles. The Bertz CT molecular complexity index is 582. The number of aromatic nitrogens is 2. The van der Waals surface area contributed by atoms with Gasteiger partial charge in [0.1, 0.15) is 0 Å². The molecule has 1 aliphatic rings. The van der Waals surface area contributed by atoms with Gasteiger partial charge in [-0.2, -0.15) is 4.98 Å². The zero-order valence-corrected chi connectivity index (χ0v) is 10.8. The SMILES string of the molecule is Cc1noc(CNC(C)c2ccc3c(c2)OCO3)n1. The molecule has 0 saturated carbocycles. The predicted molar refractivity (Wildman–Crippen MR) is 66.9 cm³/mol. The number of hydrogen-bond donors (Lipinski definition) is 1. The molecule has 0 aliphatic carbocycles. The maximum atomic E-state index is 5.36. The van der Waals surface area contributed by atoms with Crippen molar-refractivity contribution in [3.05, 3.63) is 35.5 Å². The minimum atomic E-state index is 0.154. The topological polar surface area (TPSA) is 69.4 Å². The molecule has 1 aromatic carbocycles. The van der Waals surface area contributed by atoms with Gasteiger partial charge < -0.3 is 19.3 Å². The normalized spacial score (nSPS) is 14.6. The quantitative estimate of drug-likeness (QED) is 0.907. The first-order chi connectivity index (χ1) is 9.22. The highest BCUT2D eigenvalue weighted by atomic mass is 16.7. The number of nitrogens with zero attached hydrogens (tertiary/aromatic N) is 2. The number of fused-ring (bicyclic) bond motifs is 1. The fourth-order valence-electron chi connectivity index (χ4n) is 1.95. The average molecular weight is 261 g/mol. The molecule has 100 valence electrons. The third kappa shape index (κ3) is 2.53. The summed E-state index contributed by atoms with van der Waals surface area (Å²) >= 11 is 0. The number of nitrogens with one attached hydrogen (secondary N) is 1. The van der Waals surface area contributed by atoms with Crippen molar-refractivity contribution in [1.29, 1.82) is 0 Å². The molecule has 1 aromatic heterocycles. The van der Waals surface area contributed by atoms with E-state index in [0.29, 0.717) is 25.1 Å². The summed E-state index contributed by atoms with van der Waals surface area (Å²) in [6, 6.07) is 6.08. The monoisotopic (exact) mass is 261 g/mol. The Hall–Kier alpha value is -2.08. The highest BCUT2D eigenvalue weighted by Crippen LogP contribution is 2.34. The Morgan fingerprint density at radius 3 is 2.95 bits per heavy atom. The fourth-order valence-corrected chi connectivity index (χ4v) is 1.95. The van der Waals surface area contributed by atoms with Crippen LogP contribution in [0.3, 0.4) is 0 Å². The van der Waals surface area contributed by atoms with Crippen LogP contribution in [-0.4, -0.2) is 16.9 Å². The number of hydrogen-bond acceptors (Lipinski definition) is 6. The van der Waals surface area contributed by atoms with Crippen molar-refractivity contribution in [2.45, 2.75) is 26.4 Å². The van der Waals surface area contributed by atoms with E-state index in [1.54, 1.807) is 6.92 Å². The van der Waals surface area contributed by atoms with Crippen molar-refractivity contribution in [1.82, 2.24) is 15.5 Å². The van der Waals surface area contributed by atoms with Crippen LogP contribution in [0.2, 0.25) is 0 Å². The molecule has 1 unspecified atom stereocenters. The van der Waals surface area contributed by atoms with Gasteiger partial charge in [-0.25, -0.2) is 0 Å². The van der Waals surface area contributed by atoms with Gasteiger partial charge in [-0.1, -0.05) is 11.2 Å². The maximum absolute atomic E-state index is 5.36. The van der Waals surface area contributed by atoms with Gasteiger partial charge in [-0.15, -0.1) is 0 Å². The third-order valence-corrected chi connectivity index (χ3v) is 3.03. The van der Waals surface area contributed by atoms with Gasteiger partial charge >= 0.3 is 0 Å². The van der Waals surface area contributed by atoms with Gasteiger partial charge in [0, 0.05) is 6.04 Å². The highest BCUT2D eigenvalue weighted by molar-refractivity contribution is 5.45. The summed E-state index contributed by atoms with van der Waals surface area (Å²) in [6.07, 6.45) is 0. The molecule has 6 nitrogen and oxygen atoms in total. The summed E-state index contributed by atoms with van der Waals surface area (Å²) in [4.78, 5) is 4.15. The summed E-state index contributed by atoms with van der Waals surface area (Å²) in [5.74, 6) is 2.82. The van der Waals surface area contributed by atoms with Gasteiger partial charge in [0.2, 0.25) is 12.7 Å². The van der Waals surface area contributed by atoms with Crippen LogP contribution in [0, 0.1) is 6.92 Å². The molecule has 0 saturated heterocycles. The Balaban J connectivity index is 1.65. The van der Waals surface area contributed by atoms with E-state index in [0.717, 1.165) is 17.1 Å². The molecular weight excluding hydrogens is 246 g/mol. The highest BCUT2D eigenvalue weighted by Gasteiger charge is 2.16. The number of aryl methyl sites for hydroxylation is 1. The maximum Gasteiger partial charge on any atom is 0.240 e. The van der Waals surface area contributed by atoms with E-state index in [2.05, 4.69) is 22.4 Å². The lowest BCUT2D eigenvalue weighted by Crippen LogP contribution is -2.18. The van der Waals surface area contributed by atoms with Crippen LogP contribution in [0.25, 0.3) is 0 Å². The summed E-state index contributed by atoms with van der Waals surface area (Å²) in [7, 11) is 0. The van der Waals surface area contributed by atoms with Crippen LogP contribution >= 0.6 is 0 Å². The van der Waals surface area contributed by atoms with Crippen molar-refractivity contribution in [2.75, 3.05) is 6.79 Å². The van der Waals surface area contributed by atoms with Gasteiger partial charge in [0.05, 0.1) is 6.54 Å². The van der Waals surface area contributed by atoms with Crippen molar-refractivity contribution >= 4 is 0 Å². The van der Waals surface area contributed by atoms with E-state index >= 15 is 0 Å². The number of benzene rings is 1. The van der Waals surface area contributed by atoms with Crippen LogP contribution in [-0.2, 0) is 6.54 Å². The molecule has 0 bridgehead atoms. The Morgan fingerprint density at radius 1 is 1.32 bits per heavy atom. The molecule has 0 radical (unpaired) electrons. The van der Waals surface area contributed by atoms with Gasteiger partial charge in [0.15, 0.2) is 17.3 Å². The second-order valence-corrected chi connectivity index (χ2v) is 4.45. The van der Waals surface area contributed by atoms with E-state index in [1.165, 1.54) is 0 Å². The molecule has 1 atom stereocenters. The van der Waals surface area contributed by atoms with Crippen LogP contribution in [0.4, 0.5) is 0 Å². The second kappa shape index (κ2) is 4.89. The van der Waals surface area contributed by atoms with E-state index < -0.39 is 0 Å². The molecule has 0 amide bonds. The molecule has 3 rings (SSSR count). The molecule has 1 aliphatic heterocycles. The van der Waals surface area contributed by atoms with E-state index in [9.17, 15) is 0 Å². The molecule has 0 fully saturated rings. The first-order valence-electron chi connectivity index (χ1n) is 6.14. The summed E-state index contributed by atoms with van der Waals surface area (Å²) in [6.45, 7) is 4.70. The lowest BCUT2D eigenvalue weighted by molar-refractivity contribution is 0.174. The Labute approximate surface area is 110 Å². The summed E-state index contributed by atoms with van der Waals surface area (Å²) < 4.78 is 15.7. The van der Waals surface area contributed by atoms with E-state index in [4.69, 9.17) is 14.0 Å². The van der Waals surface area contributed by atoms with Crippen LogP contribution in [0.1, 0.15) is 30.2 Å². The zero-order chi connectivity index (χ0) is 13.2. The lowest BCUT2D eigenvalue weighted by atomic mass is 10.1. The third-order valence-electron chi connectivity index (χ3n) is 3.03. The minimum Gasteiger partial charge on any atom is -0.454 e. The van der Waals surface area contributed by atoms with Gasteiger partial charge in [-0.05, 0) is 31.5 Å². The van der Waals surface area contributed by atoms with E-state index in [1.807, 2.05) is 18.2 Å². The number of rotatable bonds is 4. The molecule has 2 aromatic rings. The molecule has 0 spiro atoms. The van der Waals surface area contributed by atoms with Crippen molar-refractivity contribution in [3.63, 3.8) is 0 Å². The summed E-state index contributed by atoms with van der Waals surface area (Å²) in [5.41, 5.74) is 1.13. The van der Waals surface area contributed by atoms with E-state index in [-0.39, 0.29) is 6.04 Å². The second-order valence-electron chi connectivity index (χ2n) is 4.45. The van der Waals surface area contributed by atoms with Gasteiger partial charge in [0.25, 0.3) is 0 Å². The molecule has 6 heteroatoms. The first-order valence-corrected chi connectivity index (χ1v) is 6.14. The lowest BCUT2D eigenvalue weighted by Gasteiger charge is -2.13. The van der Waals surface area contributed by atoms with Crippen molar-refractivity contribution in [2.24, 2.45) is 0 Å². The number of ether oxygens (including phenoxy) is 2. The smallest absolute Gasteiger partial charge is 0.240 e. The predicted octanol–water partition coefficient (Wildman–Crippen LogP) is 1.96. The average Bonchev–Trinajstić information content (AvgIpc) is 3.03. The largest absolute Gasteiger partial charge is 0.454 e. The first kappa shape index (κ1) is 12.0. The fraction of sp³-hybridized carbons (Fsp3) is 0.385. The standard InChI is InChI=1S/C13H15N3O3/c1-8(14-6-13-15-9(2)16-19-13)10-3-4-11-12(5-10)18-7-17-11/h3-5,8,14H,6-7H2,1-2H3. The van der Waals surface area contributed by atoms with Crippen LogP contribution in [0.15, 0.2) is 22.7 Å². The summed E-state index contributed by atoms with van der Waals surface area (Å²) in [5, 5.41) is 7.08.